The normalized spacial score (nSPS) is 11.2. The van der Waals surface area contributed by atoms with E-state index in [1.165, 1.54) is 5.56 Å². The van der Waals surface area contributed by atoms with Crippen LogP contribution < -0.4 is 5.32 Å². The summed E-state index contributed by atoms with van der Waals surface area (Å²) in [5, 5.41) is 8.35. The van der Waals surface area contributed by atoms with E-state index in [1.807, 2.05) is 37.3 Å². The van der Waals surface area contributed by atoms with Gasteiger partial charge in [-0.3, -0.25) is 4.79 Å². The highest BCUT2D eigenvalue weighted by atomic mass is 32.2. The predicted octanol–water partition coefficient (Wildman–Crippen LogP) is 5.77. The maximum Gasteiger partial charge on any atom is 0.257 e. The molecule has 5 nitrogen and oxygen atoms in total. The highest BCUT2D eigenvalue weighted by Crippen LogP contribution is 2.30. The minimum absolute atomic E-state index is 0.143. The van der Waals surface area contributed by atoms with Crippen LogP contribution in [0.15, 0.2) is 47.4 Å². The number of fused-ring (bicyclic) bond motifs is 1. The molecule has 0 spiro atoms. The third-order valence-electron chi connectivity index (χ3n) is 4.50. The Morgan fingerprint density at radius 2 is 1.97 bits per heavy atom. The maximum atomic E-state index is 13.0. The summed E-state index contributed by atoms with van der Waals surface area (Å²) in [6, 6.07) is 13.8. The molecule has 2 heterocycles. The molecular formula is C22H22N4OS2. The van der Waals surface area contributed by atoms with Gasteiger partial charge in [0.05, 0.1) is 21.5 Å². The molecule has 29 heavy (non-hydrogen) atoms. The van der Waals surface area contributed by atoms with Gasteiger partial charge < -0.3 is 5.32 Å². The van der Waals surface area contributed by atoms with E-state index in [0.29, 0.717) is 11.4 Å². The van der Waals surface area contributed by atoms with Crippen LogP contribution in [0.3, 0.4) is 0 Å². The first kappa shape index (κ1) is 19.7. The van der Waals surface area contributed by atoms with E-state index in [9.17, 15) is 4.79 Å². The Bertz CT molecular complexity index is 1210. The van der Waals surface area contributed by atoms with Gasteiger partial charge in [-0.05, 0) is 55.9 Å². The van der Waals surface area contributed by atoms with Crippen LogP contribution in [0.5, 0.6) is 0 Å². The zero-order valence-corrected chi connectivity index (χ0v) is 18.4. The van der Waals surface area contributed by atoms with E-state index < -0.39 is 0 Å². The molecule has 2 aromatic heterocycles. The van der Waals surface area contributed by atoms with Crippen molar-refractivity contribution in [1.82, 2.24) is 14.8 Å². The van der Waals surface area contributed by atoms with E-state index >= 15 is 0 Å². The number of aromatic nitrogens is 3. The van der Waals surface area contributed by atoms with Crippen LogP contribution in [0.1, 0.15) is 34.1 Å². The zero-order valence-electron chi connectivity index (χ0n) is 16.8. The van der Waals surface area contributed by atoms with Crippen molar-refractivity contribution in [2.75, 3.05) is 11.1 Å². The number of anilines is 1. The van der Waals surface area contributed by atoms with Crippen LogP contribution in [0.25, 0.3) is 15.3 Å². The van der Waals surface area contributed by atoms with Crippen molar-refractivity contribution in [1.29, 1.82) is 0 Å². The Labute approximate surface area is 178 Å². The average molecular weight is 423 g/mol. The third-order valence-corrected chi connectivity index (χ3v) is 6.44. The van der Waals surface area contributed by atoms with E-state index in [1.54, 1.807) is 27.8 Å². The number of amides is 1. The minimum Gasteiger partial charge on any atom is -0.306 e. The van der Waals surface area contributed by atoms with Gasteiger partial charge in [-0.1, -0.05) is 36.5 Å². The SMILES string of the molecule is CCSc1ccccc1C(=O)Nc1cc(C)nn1-c1nc2c(C)cc(C)cc2s1. The minimum atomic E-state index is -0.143. The smallest absolute Gasteiger partial charge is 0.257 e. The van der Waals surface area contributed by atoms with E-state index in [0.717, 1.165) is 37.3 Å². The van der Waals surface area contributed by atoms with Crippen LogP contribution in [0.4, 0.5) is 5.82 Å². The first-order valence-corrected chi connectivity index (χ1v) is 11.2. The second-order valence-corrected chi connectivity index (χ2v) is 9.21. The molecule has 0 aliphatic carbocycles. The van der Waals surface area contributed by atoms with E-state index in [-0.39, 0.29) is 5.91 Å². The van der Waals surface area contributed by atoms with Crippen molar-refractivity contribution in [2.45, 2.75) is 32.6 Å². The number of nitrogens with one attached hydrogen (secondary N) is 1. The molecular weight excluding hydrogens is 400 g/mol. The van der Waals surface area contributed by atoms with Gasteiger partial charge in [0.15, 0.2) is 0 Å². The second-order valence-electron chi connectivity index (χ2n) is 6.89. The number of aryl methyl sites for hydroxylation is 3. The molecule has 1 amide bonds. The molecule has 1 N–H and O–H groups in total. The summed E-state index contributed by atoms with van der Waals surface area (Å²) in [6.45, 7) is 8.14. The summed E-state index contributed by atoms with van der Waals surface area (Å²) in [7, 11) is 0. The van der Waals surface area contributed by atoms with E-state index in [2.05, 4.69) is 43.3 Å². The molecule has 0 saturated heterocycles. The number of thioether (sulfide) groups is 1. The zero-order chi connectivity index (χ0) is 20.5. The number of rotatable bonds is 5. The molecule has 0 saturated carbocycles. The number of thiazole rings is 1. The van der Waals surface area contributed by atoms with Crippen molar-refractivity contribution in [3.63, 3.8) is 0 Å². The lowest BCUT2D eigenvalue weighted by atomic mass is 10.1. The van der Waals surface area contributed by atoms with Crippen LogP contribution in [0, 0.1) is 20.8 Å². The Morgan fingerprint density at radius 1 is 1.17 bits per heavy atom. The third kappa shape index (κ3) is 3.93. The fourth-order valence-electron chi connectivity index (χ4n) is 3.30. The molecule has 0 bridgehead atoms. The molecule has 0 atom stereocenters. The van der Waals surface area contributed by atoms with Gasteiger partial charge in [-0.15, -0.1) is 11.8 Å². The van der Waals surface area contributed by atoms with E-state index in [4.69, 9.17) is 4.98 Å². The molecule has 0 unspecified atom stereocenters. The molecule has 7 heteroatoms. The standard InChI is InChI=1S/C22H22N4OS2/c1-5-28-17-9-7-6-8-16(17)21(27)23-19-12-15(4)25-26(19)22-24-20-14(3)10-13(2)11-18(20)29-22/h6-12H,5H2,1-4H3,(H,23,27). The number of carbonyl (C=O) groups is 1. The lowest BCUT2D eigenvalue weighted by Gasteiger charge is -2.09. The molecule has 0 aliphatic rings. The van der Waals surface area contributed by atoms with Crippen LogP contribution >= 0.6 is 23.1 Å². The largest absolute Gasteiger partial charge is 0.306 e. The Hall–Kier alpha value is -2.64. The van der Waals surface area contributed by atoms with Crippen molar-refractivity contribution in [2.24, 2.45) is 0 Å². The highest BCUT2D eigenvalue weighted by molar-refractivity contribution is 7.99. The van der Waals surface area contributed by atoms with Gasteiger partial charge in [0.2, 0.25) is 5.13 Å². The summed E-state index contributed by atoms with van der Waals surface area (Å²) in [5.74, 6) is 1.39. The lowest BCUT2D eigenvalue weighted by molar-refractivity contribution is 0.102. The van der Waals surface area contributed by atoms with Crippen molar-refractivity contribution in [3.05, 3.63) is 64.8 Å². The number of carbonyl (C=O) groups excluding carboxylic acids is 1. The van der Waals surface area contributed by atoms with Crippen molar-refractivity contribution in [3.8, 4) is 5.13 Å². The van der Waals surface area contributed by atoms with Gasteiger partial charge in [-0.25, -0.2) is 4.98 Å². The summed E-state index contributed by atoms with van der Waals surface area (Å²) < 4.78 is 2.84. The Kier molecular flexibility index (Phi) is 5.43. The molecule has 0 aliphatic heterocycles. The number of nitrogens with zero attached hydrogens (tertiary/aromatic N) is 3. The van der Waals surface area contributed by atoms with Crippen LogP contribution in [0.2, 0.25) is 0 Å². The molecule has 2 aromatic carbocycles. The van der Waals surface area contributed by atoms with Gasteiger partial charge >= 0.3 is 0 Å². The number of hydrogen-bond acceptors (Lipinski definition) is 5. The van der Waals surface area contributed by atoms with Crippen molar-refractivity contribution >= 4 is 45.0 Å². The quantitative estimate of drug-likeness (QED) is 0.415. The van der Waals surface area contributed by atoms with Crippen LogP contribution in [-0.4, -0.2) is 26.4 Å². The molecule has 0 radical (unpaired) electrons. The van der Waals surface area contributed by atoms with Gasteiger partial charge in [0.25, 0.3) is 5.91 Å². The van der Waals surface area contributed by atoms with Gasteiger partial charge in [0, 0.05) is 11.0 Å². The summed E-state index contributed by atoms with van der Waals surface area (Å²) in [5.41, 5.74) is 4.82. The average Bonchev–Trinajstić information content (AvgIpc) is 3.25. The monoisotopic (exact) mass is 422 g/mol. The van der Waals surface area contributed by atoms with Crippen molar-refractivity contribution < 1.29 is 4.79 Å². The Morgan fingerprint density at radius 3 is 2.76 bits per heavy atom. The maximum absolute atomic E-state index is 13.0. The molecule has 4 rings (SSSR count). The van der Waals surface area contributed by atoms with Gasteiger partial charge in [-0.2, -0.15) is 9.78 Å². The summed E-state index contributed by atoms with van der Waals surface area (Å²) in [6.07, 6.45) is 0. The van der Waals surface area contributed by atoms with Crippen LogP contribution in [-0.2, 0) is 0 Å². The summed E-state index contributed by atoms with van der Waals surface area (Å²) in [4.78, 5) is 18.8. The fourth-order valence-corrected chi connectivity index (χ4v) is 5.21. The van der Waals surface area contributed by atoms with Gasteiger partial charge in [0.1, 0.15) is 5.82 Å². The first-order chi connectivity index (χ1) is 14.0. The number of benzene rings is 2. The number of hydrogen-bond donors (Lipinski definition) is 1. The fraction of sp³-hybridized carbons (Fsp3) is 0.227. The molecule has 148 valence electrons. The Balaban J connectivity index is 1.71. The lowest BCUT2D eigenvalue weighted by Crippen LogP contribution is -2.16. The molecule has 4 aromatic rings. The highest BCUT2D eigenvalue weighted by Gasteiger charge is 2.17. The second kappa shape index (κ2) is 8.00. The predicted molar refractivity (Wildman–Crippen MR) is 122 cm³/mol. The molecule has 0 fully saturated rings. The first-order valence-electron chi connectivity index (χ1n) is 9.44. The topological polar surface area (TPSA) is 59.8 Å². The summed E-state index contributed by atoms with van der Waals surface area (Å²) >= 11 is 3.23.